The Balaban J connectivity index is 1.68. The highest BCUT2D eigenvalue weighted by Crippen LogP contribution is 2.35. The SMILES string of the molecule is C=CC(=O)N1CC(N(C)c2ccc(C(N)=O)c3[nH]c([C@H]4CCOC4)cc23)C1. The van der Waals surface area contributed by atoms with Gasteiger partial charge in [-0.2, -0.15) is 0 Å². The molecule has 2 aliphatic heterocycles. The second kappa shape index (κ2) is 6.74. The van der Waals surface area contributed by atoms with Gasteiger partial charge in [-0.25, -0.2) is 0 Å². The molecule has 0 radical (unpaired) electrons. The van der Waals surface area contributed by atoms with Crippen LogP contribution in [0.3, 0.4) is 0 Å². The summed E-state index contributed by atoms with van der Waals surface area (Å²) in [4.78, 5) is 30.9. The monoisotopic (exact) mass is 368 g/mol. The number of hydrogen-bond donors (Lipinski definition) is 2. The lowest BCUT2D eigenvalue weighted by atomic mass is 10.0. The summed E-state index contributed by atoms with van der Waals surface area (Å²) in [5.41, 5.74) is 8.94. The predicted octanol–water partition coefficient (Wildman–Crippen LogP) is 1.60. The molecule has 0 bridgehead atoms. The summed E-state index contributed by atoms with van der Waals surface area (Å²) in [6, 6.07) is 6.04. The molecule has 142 valence electrons. The topological polar surface area (TPSA) is 91.7 Å². The number of H-pyrrole nitrogens is 1. The third-order valence-corrected chi connectivity index (χ3v) is 5.70. The Morgan fingerprint density at radius 3 is 2.81 bits per heavy atom. The van der Waals surface area contributed by atoms with Crippen LogP contribution in [0.25, 0.3) is 10.9 Å². The second-order valence-electron chi connectivity index (χ2n) is 7.28. The zero-order valence-corrected chi connectivity index (χ0v) is 15.4. The van der Waals surface area contributed by atoms with Gasteiger partial charge in [-0.3, -0.25) is 9.59 Å². The van der Waals surface area contributed by atoms with Crippen molar-refractivity contribution in [3.05, 3.63) is 42.1 Å². The zero-order chi connectivity index (χ0) is 19.1. The number of nitrogens with one attached hydrogen (secondary N) is 1. The zero-order valence-electron chi connectivity index (χ0n) is 15.4. The van der Waals surface area contributed by atoms with Crippen molar-refractivity contribution in [1.29, 1.82) is 0 Å². The number of primary amides is 1. The average molecular weight is 368 g/mol. The fourth-order valence-electron chi connectivity index (χ4n) is 3.94. The van der Waals surface area contributed by atoms with Gasteiger partial charge in [-0.15, -0.1) is 0 Å². The van der Waals surface area contributed by atoms with Crippen molar-refractivity contribution in [2.45, 2.75) is 18.4 Å². The van der Waals surface area contributed by atoms with Gasteiger partial charge in [0, 0.05) is 49.4 Å². The van der Waals surface area contributed by atoms with Crippen LogP contribution in [-0.4, -0.2) is 61.1 Å². The van der Waals surface area contributed by atoms with Gasteiger partial charge in [-0.1, -0.05) is 6.58 Å². The largest absolute Gasteiger partial charge is 0.381 e. The molecule has 2 aliphatic rings. The van der Waals surface area contributed by atoms with E-state index in [0.717, 1.165) is 35.3 Å². The highest BCUT2D eigenvalue weighted by molar-refractivity contribution is 6.09. The smallest absolute Gasteiger partial charge is 0.250 e. The third-order valence-electron chi connectivity index (χ3n) is 5.70. The number of fused-ring (bicyclic) bond motifs is 1. The fraction of sp³-hybridized carbons (Fsp3) is 0.400. The van der Waals surface area contributed by atoms with Crippen molar-refractivity contribution in [1.82, 2.24) is 9.88 Å². The van der Waals surface area contributed by atoms with Crippen molar-refractivity contribution in [3.63, 3.8) is 0 Å². The van der Waals surface area contributed by atoms with E-state index in [1.54, 1.807) is 11.0 Å². The first kappa shape index (κ1) is 17.6. The van der Waals surface area contributed by atoms with E-state index in [1.807, 2.05) is 13.1 Å². The van der Waals surface area contributed by atoms with Crippen molar-refractivity contribution in [3.8, 4) is 0 Å². The number of aromatic amines is 1. The van der Waals surface area contributed by atoms with Crippen LogP contribution < -0.4 is 10.6 Å². The minimum absolute atomic E-state index is 0.0426. The first-order valence-corrected chi connectivity index (χ1v) is 9.17. The number of likely N-dealkylation sites (tertiary alicyclic amines) is 1. The minimum Gasteiger partial charge on any atom is -0.381 e. The van der Waals surface area contributed by atoms with E-state index >= 15 is 0 Å². The van der Waals surface area contributed by atoms with Crippen molar-refractivity contribution >= 4 is 28.4 Å². The van der Waals surface area contributed by atoms with E-state index in [9.17, 15) is 9.59 Å². The van der Waals surface area contributed by atoms with Gasteiger partial charge >= 0.3 is 0 Å². The Labute approximate surface area is 157 Å². The number of anilines is 1. The van der Waals surface area contributed by atoms with E-state index in [-0.39, 0.29) is 11.9 Å². The molecule has 3 heterocycles. The van der Waals surface area contributed by atoms with Crippen LogP contribution in [0.2, 0.25) is 0 Å². The highest BCUT2D eigenvalue weighted by Gasteiger charge is 2.33. The molecule has 2 amide bonds. The molecule has 0 spiro atoms. The minimum atomic E-state index is -0.448. The summed E-state index contributed by atoms with van der Waals surface area (Å²) in [7, 11) is 2.02. The Kier molecular flexibility index (Phi) is 4.39. The molecule has 1 aromatic heterocycles. The molecule has 7 nitrogen and oxygen atoms in total. The molecule has 2 aromatic rings. The van der Waals surface area contributed by atoms with Crippen molar-refractivity contribution in [2.24, 2.45) is 5.73 Å². The molecule has 27 heavy (non-hydrogen) atoms. The molecular formula is C20H24N4O3. The summed E-state index contributed by atoms with van der Waals surface area (Å²) in [6.07, 6.45) is 2.31. The number of rotatable bonds is 5. The summed E-state index contributed by atoms with van der Waals surface area (Å²) in [5, 5.41) is 0.976. The Bertz CT molecular complexity index is 907. The van der Waals surface area contributed by atoms with Gasteiger partial charge in [0.1, 0.15) is 0 Å². The average Bonchev–Trinajstić information content (AvgIpc) is 3.28. The highest BCUT2D eigenvalue weighted by atomic mass is 16.5. The number of ether oxygens (including phenoxy) is 1. The van der Waals surface area contributed by atoms with Gasteiger partial charge in [0.05, 0.1) is 23.7 Å². The lowest BCUT2D eigenvalue weighted by Crippen LogP contribution is -2.60. The van der Waals surface area contributed by atoms with Crippen LogP contribution in [0.4, 0.5) is 5.69 Å². The molecule has 0 unspecified atom stereocenters. The van der Waals surface area contributed by atoms with Crippen LogP contribution in [0, 0.1) is 0 Å². The summed E-state index contributed by atoms with van der Waals surface area (Å²) in [5.74, 6) is -0.184. The molecule has 0 saturated carbocycles. The molecule has 1 aromatic carbocycles. The summed E-state index contributed by atoms with van der Waals surface area (Å²) >= 11 is 0. The lowest BCUT2D eigenvalue weighted by molar-refractivity contribution is -0.130. The van der Waals surface area contributed by atoms with Gasteiger partial charge in [0.25, 0.3) is 5.91 Å². The van der Waals surface area contributed by atoms with E-state index in [1.165, 1.54) is 6.08 Å². The number of amides is 2. The molecule has 3 N–H and O–H groups in total. The third kappa shape index (κ3) is 2.98. The maximum atomic E-state index is 11.9. The number of nitrogens with zero attached hydrogens (tertiary/aromatic N) is 2. The van der Waals surface area contributed by atoms with Crippen LogP contribution in [-0.2, 0) is 9.53 Å². The predicted molar refractivity (Wildman–Crippen MR) is 104 cm³/mol. The number of benzene rings is 1. The van der Waals surface area contributed by atoms with Gasteiger partial charge in [0.2, 0.25) is 5.91 Å². The molecule has 2 fully saturated rings. The number of hydrogen-bond acceptors (Lipinski definition) is 4. The van der Waals surface area contributed by atoms with Gasteiger partial charge in [0.15, 0.2) is 0 Å². The first-order valence-electron chi connectivity index (χ1n) is 9.17. The summed E-state index contributed by atoms with van der Waals surface area (Å²) in [6.45, 7) is 6.30. The number of nitrogens with two attached hydrogens (primary N) is 1. The second-order valence-corrected chi connectivity index (χ2v) is 7.28. The molecular weight excluding hydrogens is 344 g/mol. The number of carbonyl (C=O) groups excluding carboxylic acids is 2. The molecule has 2 saturated heterocycles. The Hall–Kier alpha value is -2.80. The lowest BCUT2D eigenvalue weighted by Gasteiger charge is -2.44. The molecule has 7 heteroatoms. The normalized spacial score (nSPS) is 19.9. The Morgan fingerprint density at radius 1 is 1.41 bits per heavy atom. The van der Waals surface area contributed by atoms with Crippen LogP contribution >= 0.6 is 0 Å². The van der Waals surface area contributed by atoms with Gasteiger partial charge in [-0.05, 0) is 30.7 Å². The van der Waals surface area contributed by atoms with Crippen LogP contribution in [0.5, 0.6) is 0 Å². The standard InChI is InChI=1S/C20H24N4O3/c1-3-18(25)24-9-13(10-24)23(2)17-5-4-14(20(21)26)19-15(17)8-16(22-19)12-6-7-27-11-12/h3-5,8,12-13,22H,1,6-7,9-11H2,2H3,(H2,21,26)/t12-/m0/s1. The summed E-state index contributed by atoms with van der Waals surface area (Å²) < 4.78 is 5.50. The quantitative estimate of drug-likeness (QED) is 0.784. The Morgan fingerprint density at radius 2 is 2.19 bits per heavy atom. The number of likely N-dealkylation sites (N-methyl/N-ethyl adjacent to an activating group) is 1. The number of carbonyl (C=O) groups is 2. The van der Waals surface area contributed by atoms with E-state index in [4.69, 9.17) is 10.5 Å². The maximum absolute atomic E-state index is 11.9. The first-order chi connectivity index (χ1) is 13.0. The van der Waals surface area contributed by atoms with Crippen molar-refractivity contribution in [2.75, 3.05) is 38.3 Å². The van der Waals surface area contributed by atoms with E-state index in [0.29, 0.717) is 31.2 Å². The molecule has 1 atom stereocenters. The fourth-order valence-corrected chi connectivity index (χ4v) is 3.94. The van der Waals surface area contributed by atoms with Crippen molar-refractivity contribution < 1.29 is 14.3 Å². The van der Waals surface area contributed by atoms with E-state index in [2.05, 4.69) is 22.5 Å². The van der Waals surface area contributed by atoms with Crippen LogP contribution in [0.1, 0.15) is 28.4 Å². The molecule has 0 aliphatic carbocycles. The van der Waals surface area contributed by atoms with E-state index < -0.39 is 5.91 Å². The molecule has 4 rings (SSSR count). The maximum Gasteiger partial charge on any atom is 0.250 e. The number of aromatic nitrogens is 1. The van der Waals surface area contributed by atoms with Gasteiger partial charge < -0.3 is 25.3 Å². The van der Waals surface area contributed by atoms with Crippen LogP contribution in [0.15, 0.2) is 30.9 Å².